The molecule has 1 aromatic carbocycles. The van der Waals surface area contributed by atoms with E-state index >= 15 is 0 Å². The largest absolute Gasteiger partial charge is 0.445 e. The zero-order valence-electron chi connectivity index (χ0n) is 12.9. The van der Waals surface area contributed by atoms with Gasteiger partial charge in [-0.2, -0.15) is 0 Å². The Kier molecular flexibility index (Phi) is 6.01. The van der Waals surface area contributed by atoms with Crippen molar-refractivity contribution < 1.29 is 9.53 Å². The summed E-state index contributed by atoms with van der Waals surface area (Å²) in [6.45, 7) is 2.48. The summed E-state index contributed by atoms with van der Waals surface area (Å²) in [4.78, 5) is 25.2. The van der Waals surface area contributed by atoms with Gasteiger partial charge in [0.2, 0.25) is 5.56 Å². The van der Waals surface area contributed by atoms with Gasteiger partial charge in [-0.05, 0) is 18.1 Å². The molecule has 0 unspecified atom stereocenters. The summed E-state index contributed by atoms with van der Waals surface area (Å²) in [6, 6.07) is 11.0. The van der Waals surface area contributed by atoms with E-state index in [4.69, 9.17) is 4.74 Å². The maximum Gasteiger partial charge on any atom is 0.407 e. The first-order chi connectivity index (χ1) is 11.1. The molecular formula is C18H18N2O3. The molecule has 0 aliphatic heterocycles. The molecule has 1 heterocycles. The number of alkyl carbamates (subject to hydrolysis) is 1. The Labute approximate surface area is 134 Å². The van der Waals surface area contributed by atoms with E-state index in [1.54, 1.807) is 6.20 Å². The van der Waals surface area contributed by atoms with Gasteiger partial charge < -0.3 is 15.0 Å². The summed E-state index contributed by atoms with van der Waals surface area (Å²) in [5.41, 5.74) is 2.40. The molecule has 1 amide bonds. The summed E-state index contributed by atoms with van der Waals surface area (Å²) in [5, 5.41) is 2.64. The van der Waals surface area contributed by atoms with Crippen LogP contribution in [0.4, 0.5) is 4.79 Å². The minimum atomic E-state index is -0.462. The number of carbonyl (C=O) groups excluding carboxylic acids is 1. The van der Waals surface area contributed by atoms with Crippen LogP contribution in [-0.4, -0.2) is 17.6 Å². The molecule has 2 aromatic rings. The molecule has 0 aliphatic rings. The molecular weight excluding hydrogens is 292 g/mol. The van der Waals surface area contributed by atoms with Crippen LogP contribution in [0.2, 0.25) is 0 Å². The predicted octanol–water partition coefficient (Wildman–Crippen LogP) is 2.35. The normalized spacial score (nSPS) is 9.61. The summed E-state index contributed by atoms with van der Waals surface area (Å²) < 4.78 is 5.09. The lowest BCUT2D eigenvalue weighted by atomic mass is 10.1. The minimum absolute atomic E-state index is 0.143. The third-order valence-electron chi connectivity index (χ3n) is 3.09. The fourth-order valence-corrected chi connectivity index (χ4v) is 1.87. The third-order valence-corrected chi connectivity index (χ3v) is 3.09. The van der Waals surface area contributed by atoms with Crippen LogP contribution in [0.15, 0.2) is 47.4 Å². The van der Waals surface area contributed by atoms with Gasteiger partial charge in [-0.3, -0.25) is 4.79 Å². The Balaban J connectivity index is 1.70. The van der Waals surface area contributed by atoms with Crippen LogP contribution >= 0.6 is 0 Å². The van der Waals surface area contributed by atoms with Gasteiger partial charge in [0.05, 0.1) is 0 Å². The van der Waals surface area contributed by atoms with Crippen molar-refractivity contribution in [2.24, 2.45) is 0 Å². The van der Waals surface area contributed by atoms with Crippen molar-refractivity contribution in [2.45, 2.75) is 20.0 Å². The molecule has 5 heteroatoms. The van der Waals surface area contributed by atoms with Crippen molar-refractivity contribution in [2.75, 3.05) is 6.54 Å². The zero-order valence-corrected chi connectivity index (χ0v) is 12.9. The van der Waals surface area contributed by atoms with E-state index in [9.17, 15) is 9.59 Å². The summed E-state index contributed by atoms with van der Waals surface area (Å²) in [6.07, 6.45) is 1.63. The minimum Gasteiger partial charge on any atom is -0.445 e. The summed E-state index contributed by atoms with van der Waals surface area (Å²) >= 11 is 0. The Morgan fingerprint density at radius 2 is 2.09 bits per heavy atom. The number of hydrogen-bond acceptors (Lipinski definition) is 3. The molecule has 23 heavy (non-hydrogen) atoms. The number of H-pyrrole nitrogens is 1. The van der Waals surface area contributed by atoms with E-state index in [-0.39, 0.29) is 12.2 Å². The molecule has 2 N–H and O–H groups in total. The summed E-state index contributed by atoms with van der Waals surface area (Å²) in [7, 11) is 0. The summed E-state index contributed by atoms with van der Waals surface area (Å²) in [5.74, 6) is 5.91. The third kappa shape index (κ3) is 5.71. The van der Waals surface area contributed by atoms with E-state index in [2.05, 4.69) is 22.1 Å². The van der Waals surface area contributed by atoms with Gasteiger partial charge in [0, 0.05) is 30.8 Å². The molecule has 0 spiro atoms. The van der Waals surface area contributed by atoms with Crippen LogP contribution in [0.5, 0.6) is 0 Å². The van der Waals surface area contributed by atoms with E-state index in [0.717, 1.165) is 16.7 Å². The average Bonchev–Trinajstić information content (AvgIpc) is 2.55. The zero-order chi connectivity index (χ0) is 16.5. The first-order valence-electron chi connectivity index (χ1n) is 7.28. The molecule has 0 aliphatic carbocycles. The molecule has 0 saturated carbocycles. The molecule has 1 aromatic heterocycles. The topological polar surface area (TPSA) is 71.2 Å². The van der Waals surface area contributed by atoms with Gasteiger partial charge in [-0.1, -0.05) is 42.2 Å². The van der Waals surface area contributed by atoms with Gasteiger partial charge in [0.1, 0.15) is 6.61 Å². The second kappa shape index (κ2) is 8.44. The molecule has 2 rings (SSSR count). The maximum absolute atomic E-state index is 11.5. The van der Waals surface area contributed by atoms with Gasteiger partial charge in [-0.15, -0.1) is 0 Å². The maximum atomic E-state index is 11.5. The Morgan fingerprint density at radius 1 is 1.30 bits per heavy atom. The van der Waals surface area contributed by atoms with Crippen molar-refractivity contribution >= 4 is 6.09 Å². The second-order valence-corrected chi connectivity index (χ2v) is 4.93. The Morgan fingerprint density at radius 3 is 2.83 bits per heavy atom. The van der Waals surface area contributed by atoms with E-state index in [1.165, 1.54) is 6.07 Å². The van der Waals surface area contributed by atoms with Crippen LogP contribution in [0.25, 0.3) is 0 Å². The quantitative estimate of drug-likeness (QED) is 0.672. The number of benzene rings is 1. The smallest absolute Gasteiger partial charge is 0.407 e. The Bertz CT molecular complexity index is 770. The van der Waals surface area contributed by atoms with Crippen molar-refractivity contribution in [3.63, 3.8) is 0 Å². The lowest BCUT2D eigenvalue weighted by Crippen LogP contribution is -2.24. The number of ether oxygens (including phenoxy) is 1. The first-order valence-corrected chi connectivity index (χ1v) is 7.28. The van der Waals surface area contributed by atoms with E-state index in [1.807, 2.05) is 37.3 Å². The molecule has 118 valence electrons. The molecule has 0 atom stereocenters. The monoisotopic (exact) mass is 310 g/mol. The number of pyridine rings is 1. The predicted molar refractivity (Wildman–Crippen MR) is 87.9 cm³/mol. The highest BCUT2D eigenvalue weighted by Gasteiger charge is 2.00. The van der Waals surface area contributed by atoms with Crippen LogP contribution in [-0.2, 0) is 11.3 Å². The average molecular weight is 310 g/mol. The molecule has 0 radical (unpaired) electrons. The van der Waals surface area contributed by atoms with Crippen molar-refractivity contribution in [3.8, 4) is 11.8 Å². The standard InChI is InChI=1S/C18H18N2O3/c1-14-11-17(21)20-12-16(14)9-5-6-10-19-18(22)23-13-15-7-3-2-4-8-15/h2-4,7-8,11-12H,6,10,13H2,1H3,(H,19,22)(H,20,21). The van der Waals surface area contributed by atoms with E-state index in [0.29, 0.717) is 13.0 Å². The fraction of sp³-hybridized carbons (Fsp3) is 0.222. The number of aryl methyl sites for hydroxylation is 1. The number of rotatable bonds is 4. The lowest BCUT2D eigenvalue weighted by Gasteiger charge is -2.05. The highest BCUT2D eigenvalue weighted by molar-refractivity contribution is 5.67. The first kappa shape index (κ1) is 16.4. The molecule has 0 fully saturated rings. The van der Waals surface area contributed by atoms with Crippen LogP contribution in [0.1, 0.15) is 23.1 Å². The highest BCUT2D eigenvalue weighted by Crippen LogP contribution is 2.01. The van der Waals surface area contributed by atoms with Crippen molar-refractivity contribution in [1.29, 1.82) is 0 Å². The SMILES string of the molecule is Cc1cc(=O)[nH]cc1C#CCCNC(=O)OCc1ccccc1. The molecule has 0 saturated heterocycles. The second-order valence-electron chi connectivity index (χ2n) is 4.93. The van der Waals surface area contributed by atoms with Crippen LogP contribution in [0, 0.1) is 18.8 Å². The molecule has 0 bridgehead atoms. The number of carbonyl (C=O) groups is 1. The van der Waals surface area contributed by atoms with Crippen LogP contribution < -0.4 is 10.9 Å². The number of amides is 1. The highest BCUT2D eigenvalue weighted by atomic mass is 16.5. The van der Waals surface area contributed by atoms with Crippen molar-refractivity contribution in [1.82, 2.24) is 10.3 Å². The number of aromatic nitrogens is 1. The van der Waals surface area contributed by atoms with Gasteiger partial charge in [0.15, 0.2) is 0 Å². The number of aromatic amines is 1. The number of nitrogens with one attached hydrogen (secondary N) is 2. The molecule has 5 nitrogen and oxygen atoms in total. The van der Waals surface area contributed by atoms with Crippen LogP contribution in [0.3, 0.4) is 0 Å². The van der Waals surface area contributed by atoms with Crippen molar-refractivity contribution in [3.05, 3.63) is 69.6 Å². The van der Waals surface area contributed by atoms with Gasteiger partial charge >= 0.3 is 6.09 Å². The van der Waals surface area contributed by atoms with Gasteiger partial charge in [0.25, 0.3) is 0 Å². The lowest BCUT2D eigenvalue weighted by molar-refractivity contribution is 0.140. The van der Waals surface area contributed by atoms with Gasteiger partial charge in [-0.25, -0.2) is 4.79 Å². The Hall–Kier alpha value is -3.00. The number of hydrogen-bond donors (Lipinski definition) is 2. The fourth-order valence-electron chi connectivity index (χ4n) is 1.87. The van der Waals surface area contributed by atoms with E-state index < -0.39 is 6.09 Å².